The molecule has 2 fully saturated rings. The van der Waals surface area contributed by atoms with Gasteiger partial charge >= 0.3 is 0 Å². The van der Waals surface area contributed by atoms with E-state index >= 15 is 0 Å². The molecule has 2 aliphatic heterocycles. The molecule has 37 heavy (non-hydrogen) atoms. The Labute approximate surface area is 221 Å². The molecule has 5 heterocycles. The summed E-state index contributed by atoms with van der Waals surface area (Å²) < 4.78 is 2.13. The SMILES string of the molecule is Cc1cc2nccn2cc1-c1[nH]c2ccc(C3CCN(C4CCN(C(C)C)CC4)CC3)cc2c1C(C)C. The quantitative estimate of drug-likeness (QED) is 0.324. The van der Waals surface area contributed by atoms with Gasteiger partial charge in [0.2, 0.25) is 0 Å². The molecule has 2 saturated heterocycles. The van der Waals surface area contributed by atoms with Gasteiger partial charge in [-0.25, -0.2) is 4.98 Å². The van der Waals surface area contributed by atoms with Gasteiger partial charge in [-0.05, 0) is 119 Å². The van der Waals surface area contributed by atoms with Crippen molar-refractivity contribution in [2.24, 2.45) is 0 Å². The van der Waals surface area contributed by atoms with Gasteiger partial charge in [0.05, 0.1) is 5.69 Å². The van der Waals surface area contributed by atoms with Crippen LogP contribution in [-0.4, -0.2) is 62.4 Å². The number of likely N-dealkylation sites (tertiary alicyclic amines) is 2. The molecule has 0 unspecified atom stereocenters. The molecule has 4 aromatic rings. The van der Waals surface area contributed by atoms with E-state index in [0.29, 0.717) is 17.9 Å². The lowest BCUT2D eigenvalue weighted by Gasteiger charge is -2.43. The second-order valence-corrected chi connectivity index (χ2v) is 12.1. The molecule has 0 aliphatic carbocycles. The van der Waals surface area contributed by atoms with Crippen molar-refractivity contribution in [1.82, 2.24) is 24.2 Å². The predicted molar refractivity (Wildman–Crippen MR) is 155 cm³/mol. The Morgan fingerprint density at radius 3 is 2.41 bits per heavy atom. The van der Waals surface area contributed by atoms with Crippen molar-refractivity contribution in [3.63, 3.8) is 0 Å². The molecule has 0 radical (unpaired) electrons. The smallest absolute Gasteiger partial charge is 0.136 e. The number of hydrogen-bond donors (Lipinski definition) is 1. The largest absolute Gasteiger partial charge is 0.354 e. The first kappa shape index (κ1) is 24.7. The summed E-state index contributed by atoms with van der Waals surface area (Å²) in [5.41, 5.74) is 9.01. The summed E-state index contributed by atoms with van der Waals surface area (Å²) in [4.78, 5) is 13.7. The minimum absolute atomic E-state index is 0.440. The van der Waals surface area contributed by atoms with E-state index in [2.05, 4.69) is 89.2 Å². The molecule has 1 N–H and O–H groups in total. The Balaban J connectivity index is 1.24. The van der Waals surface area contributed by atoms with Gasteiger partial charge in [-0.1, -0.05) is 19.9 Å². The van der Waals surface area contributed by atoms with Crippen LogP contribution in [-0.2, 0) is 0 Å². The highest BCUT2D eigenvalue weighted by Crippen LogP contribution is 2.39. The van der Waals surface area contributed by atoms with Crippen LogP contribution in [0.3, 0.4) is 0 Å². The topological polar surface area (TPSA) is 39.6 Å². The molecule has 2 aliphatic rings. The first-order valence-corrected chi connectivity index (χ1v) is 14.5. The normalized spacial score (nSPS) is 19.2. The number of aromatic nitrogens is 3. The van der Waals surface area contributed by atoms with Gasteiger partial charge in [-0.2, -0.15) is 0 Å². The van der Waals surface area contributed by atoms with Crippen LogP contribution in [0.2, 0.25) is 0 Å². The second kappa shape index (κ2) is 9.92. The molecule has 5 heteroatoms. The Kier molecular flexibility index (Phi) is 6.62. The number of rotatable bonds is 5. The molecule has 0 saturated carbocycles. The summed E-state index contributed by atoms with van der Waals surface area (Å²) in [6.45, 7) is 16.5. The Hall–Kier alpha value is -2.63. The van der Waals surface area contributed by atoms with E-state index in [0.717, 1.165) is 11.7 Å². The second-order valence-electron chi connectivity index (χ2n) is 12.1. The third-order valence-corrected chi connectivity index (χ3v) is 9.19. The molecule has 0 atom stereocenters. The van der Waals surface area contributed by atoms with E-state index in [1.165, 1.54) is 90.7 Å². The van der Waals surface area contributed by atoms with Gasteiger partial charge in [0.15, 0.2) is 0 Å². The van der Waals surface area contributed by atoms with Crippen LogP contribution in [0, 0.1) is 6.92 Å². The molecule has 196 valence electrons. The van der Waals surface area contributed by atoms with Crippen LogP contribution in [0.15, 0.2) is 42.9 Å². The molecular weight excluding hydrogens is 454 g/mol. The zero-order valence-electron chi connectivity index (χ0n) is 23.3. The Bertz CT molecular complexity index is 1380. The maximum atomic E-state index is 4.47. The molecule has 1 aromatic carbocycles. The van der Waals surface area contributed by atoms with E-state index in [9.17, 15) is 0 Å². The fourth-order valence-electron chi connectivity index (χ4n) is 6.98. The minimum atomic E-state index is 0.440. The fourth-order valence-corrected chi connectivity index (χ4v) is 6.98. The molecule has 5 nitrogen and oxygen atoms in total. The molecule has 6 rings (SSSR count). The van der Waals surface area contributed by atoms with Crippen LogP contribution in [0.25, 0.3) is 27.8 Å². The molecule has 0 amide bonds. The molecule has 0 spiro atoms. The Morgan fingerprint density at radius 2 is 1.70 bits per heavy atom. The van der Waals surface area contributed by atoms with Crippen molar-refractivity contribution in [3.8, 4) is 11.3 Å². The van der Waals surface area contributed by atoms with Crippen LogP contribution in [0.4, 0.5) is 0 Å². The third-order valence-electron chi connectivity index (χ3n) is 9.19. The van der Waals surface area contributed by atoms with Crippen molar-refractivity contribution >= 4 is 16.6 Å². The van der Waals surface area contributed by atoms with E-state index in [1.807, 2.05) is 12.4 Å². The van der Waals surface area contributed by atoms with Gasteiger partial charge in [0.25, 0.3) is 0 Å². The van der Waals surface area contributed by atoms with Crippen LogP contribution >= 0.6 is 0 Å². The number of H-pyrrole nitrogens is 1. The lowest BCUT2D eigenvalue weighted by atomic mass is 9.86. The van der Waals surface area contributed by atoms with Crippen molar-refractivity contribution in [3.05, 3.63) is 59.5 Å². The minimum Gasteiger partial charge on any atom is -0.354 e. The number of fused-ring (bicyclic) bond motifs is 2. The van der Waals surface area contributed by atoms with Gasteiger partial charge in [-0.15, -0.1) is 0 Å². The highest BCUT2D eigenvalue weighted by molar-refractivity contribution is 5.92. The maximum absolute atomic E-state index is 4.47. The number of pyridine rings is 1. The number of nitrogens with zero attached hydrogens (tertiary/aromatic N) is 4. The number of benzene rings is 1. The first-order valence-electron chi connectivity index (χ1n) is 14.5. The summed E-state index contributed by atoms with van der Waals surface area (Å²) >= 11 is 0. The summed E-state index contributed by atoms with van der Waals surface area (Å²) in [6, 6.07) is 10.9. The molecule has 3 aromatic heterocycles. The summed E-state index contributed by atoms with van der Waals surface area (Å²) in [5, 5.41) is 1.40. The van der Waals surface area contributed by atoms with E-state index in [4.69, 9.17) is 0 Å². The number of imidazole rings is 1. The van der Waals surface area contributed by atoms with Crippen molar-refractivity contribution < 1.29 is 0 Å². The van der Waals surface area contributed by atoms with E-state index in [-0.39, 0.29) is 0 Å². The molecule has 0 bridgehead atoms. The first-order chi connectivity index (χ1) is 17.9. The third kappa shape index (κ3) is 4.61. The number of nitrogens with one attached hydrogen (secondary N) is 1. The summed E-state index contributed by atoms with van der Waals surface area (Å²) in [5.74, 6) is 1.11. The zero-order chi connectivity index (χ0) is 25.7. The highest BCUT2D eigenvalue weighted by atomic mass is 15.2. The maximum Gasteiger partial charge on any atom is 0.136 e. The summed E-state index contributed by atoms with van der Waals surface area (Å²) in [7, 11) is 0. The number of aryl methyl sites for hydroxylation is 1. The van der Waals surface area contributed by atoms with Gasteiger partial charge in [-0.3, -0.25) is 0 Å². The number of aromatic amines is 1. The highest BCUT2D eigenvalue weighted by Gasteiger charge is 2.29. The van der Waals surface area contributed by atoms with E-state index < -0.39 is 0 Å². The van der Waals surface area contributed by atoms with Crippen molar-refractivity contribution in [1.29, 1.82) is 0 Å². The lowest BCUT2D eigenvalue weighted by Crippen LogP contribution is -2.48. The Morgan fingerprint density at radius 1 is 0.946 bits per heavy atom. The fraction of sp³-hybridized carbons (Fsp3) is 0.531. The van der Waals surface area contributed by atoms with Crippen molar-refractivity contribution in [2.45, 2.75) is 84.2 Å². The lowest BCUT2D eigenvalue weighted by molar-refractivity contribution is 0.0753. The predicted octanol–water partition coefficient (Wildman–Crippen LogP) is 6.97. The van der Waals surface area contributed by atoms with Crippen LogP contribution < -0.4 is 0 Å². The number of piperidine rings is 2. The molecular formula is C32H43N5. The van der Waals surface area contributed by atoms with Crippen LogP contribution in [0.1, 0.15) is 81.9 Å². The average Bonchev–Trinajstić information content (AvgIpc) is 3.51. The number of hydrogen-bond acceptors (Lipinski definition) is 3. The van der Waals surface area contributed by atoms with Crippen LogP contribution in [0.5, 0.6) is 0 Å². The summed E-state index contributed by atoms with van der Waals surface area (Å²) in [6.07, 6.45) is 11.4. The van der Waals surface area contributed by atoms with Gasteiger partial charge < -0.3 is 19.2 Å². The van der Waals surface area contributed by atoms with E-state index in [1.54, 1.807) is 0 Å². The standard InChI is InChI=1S/C32H43N5/c1-21(2)31-27-19-25(24-8-13-36(14-9-24)26-10-15-35(16-11-26)22(3)4)6-7-29(27)34-32(31)28-20-37-17-12-33-30(37)18-23(28)5/h6-7,12,17-22,24,26,34H,8-11,13-16H2,1-5H3. The zero-order valence-corrected chi connectivity index (χ0v) is 23.3. The monoisotopic (exact) mass is 497 g/mol. The average molecular weight is 498 g/mol. The van der Waals surface area contributed by atoms with Crippen molar-refractivity contribution in [2.75, 3.05) is 26.2 Å². The van der Waals surface area contributed by atoms with Gasteiger partial charge in [0.1, 0.15) is 5.65 Å². The van der Waals surface area contributed by atoms with Gasteiger partial charge in [0, 0.05) is 47.1 Å².